The minimum absolute atomic E-state index is 0.0100. The molecular weight excluding hydrogens is 420 g/mol. The molecule has 164 valence electrons. The van der Waals surface area contributed by atoms with Crippen LogP contribution in [-0.2, 0) is 10.0 Å². The molecule has 1 fully saturated rings. The molecule has 9 heteroatoms. The molecule has 0 aliphatic carbocycles. The van der Waals surface area contributed by atoms with Gasteiger partial charge < -0.3 is 10.2 Å². The van der Waals surface area contributed by atoms with E-state index in [-0.39, 0.29) is 22.9 Å². The van der Waals surface area contributed by atoms with E-state index in [1.807, 2.05) is 32.9 Å². The molecule has 0 radical (unpaired) electrons. The molecule has 0 unspecified atom stereocenters. The molecule has 3 rings (SSSR count). The summed E-state index contributed by atoms with van der Waals surface area (Å²) in [4.78, 5) is 20.9. The molecule has 1 aliphatic rings. The molecule has 0 spiro atoms. The highest BCUT2D eigenvalue weighted by Gasteiger charge is 2.23. The van der Waals surface area contributed by atoms with Crippen molar-refractivity contribution in [3.05, 3.63) is 40.2 Å². The number of anilines is 1. The van der Waals surface area contributed by atoms with Gasteiger partial charge in [-0.2, -0.15) is 0 Å². The smallest absolute Gasteiger partial charge is 0.261 e. The van der Waals surface area contributed by atoms with Crippen LogP contribution in [0.4, 0.5) is 5.82 Å². The van der Waals surface area contributed by atoms with Crippen LogP contribution in [0.5, 0.6) is 0 Å². The third-order valence-corrected chi connectivity index (χ3v) is 7.96. The van der Waals surface area contributed by atoms with Gasteiger partial charge in [-0.15, -0.1) is 11.3 Å². The first-order chi connectivity index (χ1) is 14.3. The summed E-state index contributed by atoms with van der Waals surface area (Å²) in [6.45, 7) is 7.45. The number of nitrogens with zero attached hydrogens (tertiary/aromatic N) is 2. The molecule has 7 nitrogen and oxygen atoms in total. The number of carbonyl (C=O) groups excluding carboxylic acids is 1. The lowest BCUT2D eigenvalue weighted by Crippen LogP contribution is -2.44. The number of amides is 1. The van der Waals surface area contributed by atoms with Crippen molar-refractivity contribution in [1.82, 2.24) is 15.0 Å². The average molecular weight is 451 g/mol. The van der Waals surface area contributed by atoms with Crippen LogP contribution in [0, 0.1) is 6.92 Å². The second-order valence-electron chi connectivity index (χ2n) is 7.63. The average Bonchev–Trinajstić information content (AvgIpc) is 3.19. The van der Waals surface area contributed by atoms with Crippen molar-refractivity contribution in [2.75, 3.05) is 18.0 Å². The number of hydrogen-bond donors (Lipinski definition) is 2. The Bertz CT molecular complexity index is 945. The Labute approximate surface area is 183 Å². The van der Waals surface area contributed by atoms with Crippen molar-refractivity contribution in [2.24, 2.45) is 0 Å². The van der Waals surface area contributed by atoms with Crippen LogP contribution < -0.4 is 14.9 Å². The number of piperidine rings is 1. The van der Waals surface area contributed by atoms with Crippen LogP contribution in [0.15, 0.2) is 35.4 Å². The fraction of sp³-hybridized carbons (Fsp3) is 0.524. The second-order valence-corrected chi connectivity index (χ2v) is 10.6. The highest BCUT2D eigenvalue weighted by Crippen LogP contribution is 2.21. The number of rotatable bonds is 8. The lowest BCUT2D eigenvalue weighted by atomic mass is 10.0. The van der Waals surface area contributed by atoms with E-state index in [9.17, 15) is 13.2 Å². The van der Waals surface area contributed by atoms with Crippen molar-refractivity contribution < 1.29 is 13.2 Å². The minimum Gasteiger partial charge on any atom is -0.356 e. The monoisotopic (exact) mass is 450 g/mol. The highest BCUT2D eigenvalue weighted by molar-refractivity contribution is 7.89. The summed E-state index contributed by atoms with van der Waals surface area (Å²) in [5, 5.41) is 3.12. The molecule has 1 aliphatic heterocycles. The van der Waals surface area contributed by atoms with Gasteiger partial charge in [-0.1, -0.05) is 13.8 Å². The van der Waals surface area contributed by atoms with Crippen LogP contribution in [0.3, 0.4) is 0 Å². The van der Waals surface area contributed by atoms with Crippen LogP contribution in [0.2, 0.25) is 0 Å². The summed E-state index contributed by atoms with van der Waals surface area (Å²) in [6, 6.07) is 7.26. The number of pyridine rings is 1. The maximum Gasteiger partial charge on any atom is 0.261 e. The molecule has 0 atom stereocenters. The van der Waals surface area contributed by atoms with Crippen molar-refractivity contribution >= 4 is 33.1 Å². The van der Waals surface area contributed by atoms with Crippen LogP contribution in [-0.4, -0.2) is 44.5 Å². The van der Waals surface area contributed by atoms with E-state index in [0.717, 1.165) is 54.3 Å². The van der Waals surface area contributed by atoms with Gasteiger partial charge in [0.1, 0.15) is 10.7 Å². The van der Waals surface area contributed by atoms with E-state index in [1.165, 1.54) is 17.5 Å². The van der Waals surface area contributed by atoms with Crippen LogP contribution in [0.1, 0.15) is 54.1 Å². The van der Waals surface area contributed by atoms with E-state index in [0.29, 0.717) is 0 Å². The number of nitrogens with one attached hydrogen (secondary N) is 2. The number of aryl methyl sites for hydroxylation is 1. The first-order valence-electron chi connectivity index (χ1n) is 10.4. The topological polar surface area (TPSA) is 91.4 Å². The number of aromatic nitrogens is 1. The molecule has 0 bridgehead atoms. The Morgan fingerprint density at radius 3 is 2.43 bits per heavy atom. The molecule has 3 heterocycles. The Morgan fingerprint density at radius 1 is 1.20 bits per heavy atom. The first kappa shape index (κ1) is 22.7. The van der Waals surface area contributed by atoms with Gasteiger partial charge >= 0.3 is 0 Å². The molecule has 30 heavy (non-hydrogen) atoms. The zero-order chi connectivity index (χ0) is 21.7. The third-order valence-electron chi connectivity index (χ3n) is 5.46. The molecule has 2 N–H and O–H groups in total. The summed E-state index contributed by atoms with van der Waals surface area (Å²) in [5.41, 5.74) is 0. The number of carbonyl (C=O) groups is 1. The van der Waals surface area contributed by atoms with Crippen molar-refractivity contribution in [2.45, 2.75) is 63.4 Å². The lowest BCUT2D eigenvalue weighted by Gasteiger charge is -2.33. The van der Waals surface area contributed by atoms with Gasteiger partial charge in [-0.25, -0.2) is 18.1 Å². The van der Waals surface area contributed by atoms with Crippen LogP contribution >= 0.6 is 11.3 Å². The van der Waals surface area contributed by atoms with Gasteiger partial charge in [0.25, 0.3) is 5.91 Å². The Hall–Kier alpha value is -1.97. The van der Waals surface area contributed by atoms with E-state index in [4.69, 9.17) is 0 Å². The predicted molar refractivity (Wildman–Crippen MR) is 121 cm³/mol. The largest absolute Gasteiger partial charge is 0.356 e. The molecule has 0 saturated carbocycles. The zero-order valence-corrected chi connectivity index (χ0v) is 19.4. The van der Waals surface area contributed by atoms with Crippen molar-refractivity contribution in [3.8, 4) is 0 Å². The van der Waals surface area contributed by atoms with E-state index in [2.05, 4.69) is 19.9 Å². The molecule has 0 aromatic carbocycles. The Kier molecular flexibility index (Phi) is 7.49. The molecule has 2 aromatic heterocycles. The lowest BCUT2D eigenvalue weighted by molar-refractivity contribution is 0.0935. The normalized spacial score (nSPS) is 15.5. The second kappa shape index (κ2) is 9.89. The SMILES string of the molecule is CCC(CC)NS(=O)(=O)c1ccc(N2CCC(NC(=O)c3ccc(C)s3)CC2)nc1. The number of thiophene rings is 1. The summed E-state index contributed by atoms with van der Waals surface area (Å²) in [7, 11) is -3.56. The van der Waals surface area contributed by atoms with Gasteiger partial charge in [0, 0.05) is 36.2 Å². The Balaban J connectivity index is 1.55. The van der Waals surface area contributed by atoms with E-state index in [1.54, 1.807) is 12.1 Å². The third kappa shape index (κ3) is 5.59. The molecule has 2 aromatic rings. The van der Waals surface area contributed by atoms with Gasteiger partial charge in [0.2, 0.25) is 10.0 Å². The first-order valence-corrected chi connectivity index (χ1v) is 12.7. The van der Waals surface area contributed by atoms with Gasteiger partial charge in [-0.3, -0.25) is 4.79 Å². The maximum absolute atomic E-state index is 12.5. The van der Waals surface area contributed by atoms with E-state index < -0.39 is 10.0 Å². The summed E-state index contributed by atoms with van der Waals surface area (Å²) in [5.74, 6) is 0.749. The zero-order valence-electron chi connectivity index (χ0n) is 17.7. The Morgan fingerprint density at radius 2 is 1.90 bits per heavy atom. The van der Waals surface area contributed by atoms with Gasteiger partial charge in [0.05, 0.1) is 4.88 Å². The van der Waals surface area contributed by atoms with Crippen molar-refractivity contribution in [1.29, 1.82) is 0 Å². The maximum atomic E-state index is 12.5. The molecule has 1 saturated heterocycles. The summed E-state index contributed by atoms with van der Waals surface area (Å²) in [6.07, 6.45) is 4.58. The minimum atomic E-state index is -3.56. The van der Waals surface area contributed by atoms with E-state index >= 15 is 0 Å². The fourth-order valence-corrected chi connectivity index (χ4v) is 5.64. The van der Waals surface area contributed by atoms with Crippen LogP contribution in [0.25, 0.3) is 0 Å². The molecule has 1 amide bonds. The standard InChI is InChI=1S/C21H30N4O3S2/c1-4-16(5-2)24-30(27,28)18-7-9-20(22-14-18)25-12-10-17(11-13-25)23-21(26)19-8-6-15(3)29-19/h6-9,14,16-17,24H,4-5,10-13H2,1-3H3,(H,23,26). The number of sulfonamides is 1. The fourth-order valence-electron chi connectivity index (χ4n) is 3.53. The highest BCUT2D eigenvalue weighted by atomic mass is 32.2. The quantitative estimate of drug-likeness (QED) is 0.644. The van der Waals surface area contributed by atoms with Gasteiger partial charge in [-0.05, 0) is 56.9 Å². The summed E-state index contributed by atoms with van der Waals surface area (Å²) >= 11 is 1.50. The molecular formula is C21H30N4O3S2. The summed E-state index contributed by atoms with van der Waals surface area (Å²) < 4.78 is 27.7. The van der Waals surface area contributed by atoms with Crippen molar-refractivity contribution in [3.63, 3.8) is 0 Å². The number of hydrogen-bond acceptors (Lipinski definition) is 6. The van der Waals surface area contributed by atoms with Gasteiger partial charge in [0.15, 0.2) is 0 Å². The predicted octanol–water partition coefficient (Wildman–Crippen LogP) is 3.32.